The summed E-state index contributed by atoms with van der Waals surface area (Å²) < 4.78 is 15.1. The number of aromatic nitrogens is 2. The van der Waals surface area contributed by atoms with Crippen LogP contribution in [0.4, 0.5) is 4.39 Å². The van der Waals surface area contributed by atoms with E-state index in [1.807, 2.05) is 19.9 Å². The van der Waals surface area contributed by atoms with E-state index in [1.165, 1.54) is 16.8 Å². The third-order valence-electron chi connectivity index (χ3n) is 3.46. The minimum absolute atomic E-state index is 0.0497. The van der Waals surface area contributed by atoms with Gasteiger partial charge >= 0.3 is 5.97 Å². The Kier molecular flexibility index (Phi) is 5.56. The quantitative estimate of drug-likeness (QED) is 0.836. The van der Waals surface area contributed by atoms with Crippen LogP contribution in [-0.4, -0.2) is 26.8 Å². The molecule has 1 amide bonds. The number of amides is 1. The number of nitrogens with one attached hydrogen (secondary N) is 1. The van der Waals surface area contributed by atoms with Gasteiger partial charge in [-0.2, -0.15) is 5.10 Å². The molecule has 0 aliphatic rings. The minimum Gasteiger partial charge on any atom is -0.481 e. The lowest BCUT2D eigenvalue weighted by Crippen LogP contribution is -2.33. The maximum atomic E-state index is 13.6. The summed E-state index contributed by atoms with van der Waals surface area (Å²) in [6.07, 6.45) is -0.371. The average molecular weight is 354 g/mol. The zero-order valence-electron chi connectivity index (χ0n) is 13.2. The molecule has 0 aliphatic heterocycles. The molecule has 8 heteroatoms. The number of carboxylic acids is 1. The third kappa shape index (κ3) is 4.55. The number of carbonyl (C=O) groups is 2. The van der Waals surface area contributed by atoms with Gasteiger partial charge in [-0.1, -0.05) is 17.7 Å². The number of nitrogens with zero attached hydrogens (tertiary/aromatic N) is 2. The van der Waals surface area contributed by atoms with Gasteiger partial charge in [0, 0.05) is 5.69 Å². The third-order valence-corrected chi connectivity index (χ3v) is 3.76. The number of benzene rings is 1. The van der Waals surface area contributed by atoms with E-state index in [0.29, 0.717) is 5.56 Å². The largest absolute Gasteiger partial charge is 0.481 e. The lowest BCUT2D eigenvalue weighted by molar-refractivity contribution is -0.137. The van der Waals surface area contributed by atoms with Gasteiger partial charge in [-0.3, -0.25) is 14.3 Å². The lowest BCUT2D eigenvalue weighted by Gasteiger charge is -2.18. The molecule has 1 aromatic heterocycles. The first-order valence-corrected chi connectivity index (χ1v) is 7.61. The molecule has 0 radical (unpaired) electrons. The van der Waals surface area contributed by atoms with Crippen molar-refractivity contribution in [1.82, 2.24) is 15.1 Å². The molecule has 0 bridgehead atoms. The standard InChI is InChI=1S/C16H17ClFN3O3/c1-9-5-10(2)21(20-9)8-15(22)19-14(7-16(23)24)11-3-4-12(17)13(18)6-11/h3-6,14H,7-8H2,1-2H3,(H,19,22)(H,23,24). The molecular formula is C16H17ClFN3O3. The van der Waals surface area contributed by atoms with E-state index in [9.17, 15) is 14.0 Å². The second-order valence-corrected chi connectivity index (χ2v) is 5.88. The van der Waals surface area contributed by atoms with Crippen LogP contribution in [0.5, 0.6) is 0 Å². The van der Waals surface area contributed by atoms with Gasteiger partial charge in [0.1, 0.15) is 12.4 Å². The van der Waals surface area contributed by atoms with Crippen LogP contribution in [0.25, 0.3) is 0 Å². The highest BCUT2D eigenvalue weighted by atomic mass is 35.5. The number of halogens is 2. The van der Waals surface area contributed by atoms with Crippen molar-refractivity contribution >= 4 is 23.5 Å². The number of hydrogen-bond donors (Lipinski definition) is 2. The highest BCUT2D eigenvalue weighted by Crippen LogP contribution is 2.22. The van der Waals surface area contributed by atoms with Gasteiger partial charge in [-0.15, -0.1) is 0 Å². The van der Waals surface area contributed by atoms with Gasteiger partial charge in [0.15, 0.2) is 0 Å². The van der Waals surface area contributed by atoms with Crippen molar-refractivity contribution in [3.8, 4) is 0 Å². The van der Waals surface area contributed by atoms with Crippen LogP contribution in [0.15, 0.2) is 24.3 Å². The normalized spacial score (nSPS) is 12.0. The molecule has 0 saturated carbocycles. The molecular weight excluding hydrogens is 337 g/mol. The Bertz CT molecular complexity index is 776. The predicted molar refractivity (Wildman–Crippen MR) is 86.2 cm³/mol. The zero-order valence-corrected chi connectivity index (χ0v) is 14.0. The summed E-state index contributed by atoms with van der Waals surface area (Å²) in [5.74, 6) is -2.19. The molecule has 6 nitrogen and oxygen atoms in total. The van der Waals surface area contributed by atoms with Crippen molar-refractivity contribution < 1.29 is 19.1 Å². The second kappa shape index (κ2) is 7.44. The number of aliphatic carboxylic acids is 1. The summed E-state index contributed by atoms with van der Waals surface area (Å²) in [4.78, 5) is 23.2. The summed E-state index contributed by atoms with van der Waals surface area (Å²) in [6, 6.07) is 4.91. The molecule has 0 spiro atoms. The zero-order chi connectivity index (χ0) is 17.9. The first-order chi connectivity index (χ1) is 11.3. The van der Waals surface area contributed by atoms with Gasteiger partial charge in [-0.05, 0) is 37.6 Å². The number of hydrogen-bond acceptors (Lipinski definition) is 3. The van der Waals surface area contributed by atoms with Crippen LogP contribution in [0.3, 0.4) is 0 Å². The van der Waals surface area contributed by atoms with Crippen LogP contribution >= 0.6 is 11.6 Å². The Morgan fingerprint density at radius 3 is 2.62 bits per heavy atom. The van der Waals surface area contributed by atoms with Crippen molar-refractivity contribution in [3.63, 3.8) is 0 Å². The van der Waals surface area contributed by atoms with Gasteiger partial charge in [0.05, 0.1) is 23.2 Å². The first-order valence-electron chi connectivity index (χ1n) is 7.23. The van der Waals surface area contributed by atoms with E-state index in [0.717, 1.165) is 17.5 Å². The van der Waals surface area contributed by atoms with E-state index in [4.69, 9.17) is 16.7 Å². The van der Waals surface area contributed by atoms with Crippen molar-refractivity contribution in [3.05, 3.63) is 52.1 Å². The average Bonchev–Trinajstić information content (AvgIpc) is 2.78. The number of aryl methyl sites for hydroxylation is 2. The molecule has 2 rings (SSSR count). The molecule has 2 aromatic rings. The van der Waals surface area contributed by atoms with Crippen molar-refractivity contribution in [2.75, 3.05) is 0 Å². The van der Waals surface area contributed by atoms with Crippen LogP contribution in [0, 0.1) is 19.7 Å². The second-order valence-electron chi connectivity index (χ2n) is 5.48. The van der Waals surface area contributed by atoms with Crippen molar-refractivity contribution in [2.24, 2.45) is 0 Å². The molecule has 0 fully saturated rings. The summed E-state index contributed by atoms with van der Waals surface area (Å²) in [5.41, 5.74) is 1.93. The van der Waals surface area contributed by atoms with Crippen molar-refractivity contribution in [1.29, 1.82) is 0 Å². The van der Waals surface area contributed by atoms with Gasteiger partial charge in [0.25, 0.3) is 0 Å². The van der Waals surface area contributed by atoms with Gasteiger partial charge < -0.3 is 10.4 Å². The number of carbonyl (C=O) groups excluding carboxylic acids is 1. The SMILES string of the molecule is Cc1cc(C)n(CC(=O)NC(CC(=O)O)c2ccc(Cl)c(F)c2)n1. The molecule has 2 N–H and O–H groups in total. The Morgan fingerprint density at radius 1 is 1.38 bits per heavy atom. The molecule has 0 aliphatic carbocycles. The Balaban J connectivity index is 2.15. The maximum Gasteiger partial charge on any atom is 0.305 e. The lowest BCUT2D eigenvalue weighted by atomic mass is 10.0. The molecule has 24 heavy (non-hydrogen) atoms. The van der Waals surface area contributed by atoms with Crippen LogP contribution < -0.4 is 5.32 Å². The fourth-order valence-corrected chi connectivity index (χ4v) is 2.48. The van der Waals surface area contributed by atoms with Gasteiger partial charge in [-0.25, -0.2) is 4.39 Å². The fraction of sp³-hybridized carbons (Fsp3) is 0.312. The first kappa shape index (κ1) is 17.9. The topological polar surface area (TPSA) is 84.2 Å². The van der Waals surface area contributed by atoms with E-state index in [1.54, 1.807) is 0 Å². The highest BCUT2D eigenvalue weighted by Gasteiger charge is 2.20. The van der Waals surface area contributed by atoms with E-state index in [2.05, 4.69) is 10.4 Å². The summed E-state index contributed by atoms with van der Waals surface area (Å²) in [6.45, 7) is 3.58. The maximum absolute atomic E-state index is 13.6. The van der Waals surface area contributed by atoms with Crippen LogP contribution in [0.2, 0.25) is 5.02 Å². The van der Waals surface area contributed by atoms with Crippen LogP contribution in [0.1, 0.15) is 29.4 Å². The molecule has 1 aromatic carbocycles. The Hall–Kier alpha value is -2.41. The molecule has 1 atom stereocenters. The minimum atomic E-state index is -1.11. The van der Waals surface area contributed by atoms with E-state index >= 15 is 0 Å². The Morgan fingerprint density at radius 2 is 2.08 bits per heavy atom. The van der Waals surface area contributed by atoms with Gasteiger partial charge in [0.2, 0.25) is 5.91 Å². The Labute approximate surface area is 143 Å². The molecule has 0 saturated heterocycles. The van der Waals surface area contributed by atoms with E-state index in [-0.39, 0.29) is 18.0 Å². The summed E-state index contributed by atoms with van der Waals surface area (Å²) >= 11 is 5.63. The molecule has 128 valence electrons. The summed E-state index contributed by atoms with van der Waals surface area (Å²) in [7, 11) is 0. The summed E-state index contributed by atoms with van der Waals surface area (Å²) in [5, 5.41) is 15.7. The highest BCUT2D eigenvalue weighted by molar-refractivity contribution is 6.30. The fourth-order valence-electron chi connectivity index (χ4n) is 2.37. The van der Waals surface area contributed by atoms with Crippen molar-refractivity contribution in [2.45, 2.75) is 32.9 Å². The number of carboxylic acid groups (broad SMARTS) is 1. The predicted octanol–water partition coefficient (Wildman–Crippen LogP) is 2.62. The van der Waals surface area contributed by atoms with E-state index < -0.39 is 23.7 Å². The molecule has 1 unspecified atom stereocenters. The smallest absolute Gasteiger partial charge is 0.305 e. The molecule has 1 heterocycles. The number of rotatable bonds is 6. The monoisotopic (exact) mass is 353 g/mol. The van der Waals surface area contributed by atoms with Crippen LogP contribution in [-0.2, 0) is 16.1 Å².